The second-order valence-electron chi connectivity index (χ2n) is 6.26. The molecule has 2 rings (SSSR count). The lowest BCUT2D eigenvalue weighted by Gasteiger charge is -2.20. The number of ether oxygens (including phenoxy) is 2. The third-order valence-electron chi connectivity index (χ3n) is 4.26. The van der Waals surface area contributed by atoms with Crippen LogP contribution in [0, 0.1) is 0 Å². The molecule has 6 nitrogen and oxygen atoms in total. The number of nitrogens with zero attached hydrogens (tertiary/aromatic N) is 1. The summed E-state index contributed by atoms with van der Waals surface area (Å²) in [4.78, 5) is 4.53. The average molecular weight is 313 g/mol. The summed E-state index contributed by atoms with van der Waals surface area (Å²) in [7, 11) is 0. The van der Waals surface area contributed by atoms with Gasteiger partial charge in [0, 0.05) is 26.3 Å². The van der Waals surface area contributed by atoms with Crippen LogP contribution in [0.1, 0.15) is 45.4 Å². The van der Waals surface area contributed by atoms with Crippen LogP contribution in [0.5, 0.6) is 0 Å². The minimum Gasteiger partial charge on any atom is -0.388 e. The van der Waals surface area contributed by atoms with Crippen LogP contribution in [-0.2, 0) is 9.47 Å². The Morgan fingerprint density at radius 3 is 2.86 bits per heavy atom. The standard InChI is InChI=1S/C16H31N3O3/c1-2-17-15(19-13-16(20)7-3-4-8-16)18-9-5-10-22-14-6-11-21-12-14/h14,20H,2-13H2,1H3,(H2,17,18,19). The second kappa shape index (κ2) is 9.33. The largest absolute Gasteiger partial charge is 0.388 e. The predicted molar refractivity (Wildman–Crippen MR) is 87.2 cm³/mol. The Bertz CT molecular complexity index is 338. The molecule has 2 aliphatic rings. The summed E-state index contributed by atoms with van der Waals surface area (Å²) in [5, 5.41) is 16.9. The van der Waals surface area contributed by atoms with Gasteiger partial charge in [-0.3, -0.25) is 4.99 Å². The quantitative estimate of drug-likeness (QED) is 0.355. The first-order valence-corrected chi connectivity index (χ1v) is 8.66. The Labute approximate surface area is 133 Å². The van der Waals surface area contributed by atoms with Crippen LogP contribution in [0.4, 0.5) is 0 Å². The van der Waals surface area contributed by atoms with Gasteiger partial charge in [-0.2, -0.15) is 0 Å². The van der Waals surface area contributed by atoms with Gasteiger partial charge >= 0.3 is 0 Å². The number of aliphatic imine (C=N–C) groups is 1. The van der Waals surface area contributed by atoms with Crippen molar-refractivity contribution in [1.82, 2.24) is 10.6 Å². The second-order valence-corrected chi connectivity index (χ2v) is 6.26. The molecule has 1 aliphatic heterocycles. The molecular weight excluding hydrogens is 282 g/mol. The predicted octanol–water partition coefficient (Wildman–Crippen LogP) is 1.04. The summed E-state index contributed by atoms with van der Waals surface area (Å²) >= 11 is 0. The zero-order valence-corrected chi connectivity index (χ0v) is 13.8. The number of nitrogens with one attached hydrogen (secondary N) is 2. The van der Waals surface area contributed by atoms with E-state index in [4.69, 9.17) is 9.47 Å². The van der Waals surface area contributed by atoms with E-state index in [9.17, 15) is 5.11 Å². The van der Waals surface area contributed by atoms with E-state index in [0.717, 1.165) is 77.4 Å². The van der Waals surface area contributed by atoms with Crippen molar-refractivity contribution < 1.29 is 14.6 Å². The molecule has 0 radical (unpaired) electrons. The molecule has 1 heterocycles. The van der Waals surface area contributed by atoms with Gasteiger partial charge in [0.25, 0.3) is 0 Å². The molecule has 0 amide bonds. The van der Waals surface area contributed by atoms with Gasteiger partial charge in [0.05, 0.1) is 24.9 Å². The highest BCUT2D eigenvalue weighted by Crippen LogP contribution is 2.29. The summed E-state index contributed by atoms with van der Waals surface area (Å²) in [6.45, 7) is 6.46. The summed E-state index contributed by atoms with van der Waals surface area (Å²) in [5.74, 6) is 0.784. The van der Waals surface area contributed by atoms with Gasteiger partial charge in [0.2, 0.25) is 0 Å². The number of hydrogen-bond acceptors (Lipinski definition) is 4. The fourth-order valence-electron chi connectivity index (χ4n) is 2.93. The maximum absolute atomic E-state index is 10.3. The van der Waals surface area contributed by atoms with Crippen LogP contribution in [-0.4, -0.2) is 62.2 Å². The zero-order chi connectivity index (χ0) is 15.7. The third-order valence-corrected chi connectivity index (χ3v) is 4.26. The monoisotopic (exact) mass is 313 g/mol. The van der Waals surface area contributed by atoms with Crippen molar-refractivity contribution in [3.63, 3.8) is 0 Å². The Hall–Kier alpha value is -0.850. The summed E-state index contributed by atoms with van der Waals surface area (Å²) in [6.07, 6.45) is 6.18. The number of guanidine groups is 1. The highest BCUT2D eigenvalue weighted by Gasteiger charge is 2.30. The number of rotatable bonds is 8. The molecule has 128 valence electrons. The molecule has 1 saturated carbocycles. The van der Waals surface area contributed by atoms with Crippen molar-refractivity contribution in [1.29, 1.82) is 0 Å². The Morgan fingerprint density at radius 2 is 2.18 bits per heavy atom. The fourth-order valence-corrected chi connectivity index (χ4v) is 2.93. The number of aliphatic hydroxyl groups is 1. The van der Waals surface area contributed by atoms with Crippen molar-refractivity contribution in [3.8, 4) is 0 Å². The van der Waals surface area contributed by atoms with Crippen LogP contribution in [0.15, 0.2) is 4.99 Å². The molecule has 0 aromatic rings. The topological polar surface area (TPSA) is 75.1 Å². The Kier molecular flexibility index (Phi) is 7.42. The lowest BCUT2D eigenvalue weighted by atomic mass is 10.0. The maximum Gasteiger partial charge on any atom is 0.191 e. The molecule has 1 saturated heterocycles. The van der Waals surface area contributed by atoms with Gasteiger partial charge in [-0.05, 0) is 32.6 Å². The van der Waals surface area contributed by atoms with Gasteiger partial charge in [0.15, 0.2) is 5.96 Å². The summed E-state index contributed by atoms with van der Waals surface area (Å²) in [6, 6.07) is 0. The molecule has 6 heteroatoms. The Morgan fingerprint density at radius 1 is 1.36 bits per heavy atom. The van der Waals surface area contributed by atoms with Crippen molar-refractivity contribution in [2.75, 3.05) is 39.5 Å². The lowest BCUT2D eigenvalue weighted by Crippen LogP contribution is -2.40. The molecule has 3 N–H and O–H groups in total. The number of hydrogen-bond donors (Lipinski definition) is 3. The average Bonchev–Trinajstić information content (AvgIpc) is 3.16. The lowest BCUT2D eigenvalue weighted by molar-refractivity contribution is 0.0419. The minimum absolute atomic E-state index is 0.276. The highest BCUT2D eigenvalue weighted by molar-refractivity contribution is 5.79. The van der Waals surface area contributed by atoms with Crippen molar-refractivity contribution in [2.45, 2.75) is 57.2 Å². The first-order valence-electron chi connectivity index (χ1n) is 8.66. The van der Waals surface area contributed by atoms with Crippen LogP contribution in [0.2, 0.25) is 0 Å². The van der Waals surface area contributed by atoms with Gasteiger partial charge in [-0.15, -0.1) is 0 Å². The summed E-state index contributed by atoms with van der Waals surface area (Å²) < 4.78 is 11.0. The van der Waals surface area contributed by atoms with Gasteiger partial charge in [-0.25, -0.2) is 0 Å². The maximum atomic E-state index is 10.3. The van der Waals surface area contributed by atoms with E-state index in [2.05, 4.69) is 15.6 Å². The van der Waals surface area contributed by atoms with E-state index >= 15 is 0 Å². The molecule has 0 aromatic heterocycles. The minimum atomic E-state index is -0.589. The van der Waals surface area contributed by atoms with E-state index in [0.29, 0.717) is 6.54 Å². The van der Waals surface area contributed by atoms with Gasteiger partial charge < -0.3 is 25.2 Å². The molecule has 0 aromatic carbocycles. The van der Waals surface area contributed by atoms with Crippen molar-refractivity contribution in [3.05, 3.63) is 0 Å². The molecular formula is C16H31N3O3. The van der Waals surface area contributed by atoms with E-state index < -0.39 is 5.60 Å². The molecule has 0 spiro atoms. The molecule has 1 atom stereocenters. The SMILES string of the molecule is CCNC(=NCC1(O)CCCC1)NCCCOC1CCOC1. The first kappa shape index (κ1) is 17.5. The molecule has 22 heavy (non-hydrogen) atoms. The molecule has 1 aliphatic carbocycles. The zero-order valence-electron chi connectivity index (χ0n) is 13.8. The Balaban J connectivity index is 1.62. The van der Waals surface area contributed by atoms with E-state index in [1.165, 1.54) is 0 Å². The van der Waals surface area contributed by atoms with Crippen LogP contribution in [0.25, 0.3) is 0 Å². The van der Waals surface area contributed by atoms with Crippen LogP contribution in [0.3, 0.4) is 0 Å². The van der Waals surface area contributed by atoms with Crippen molar-refractivity contribution >= 4 is 5.96 Å². The fraction of sp³-hybridized carbons (Fsp3) is 0.938. The smallest absolute Gasteiger partial charge is 0.191 e. The highest BCUT2D eigenvalue weighted by atomic mass is 16.5. The van der Waals surface area contributed by atoms with Gasteiger partial charge in [0.1, 0.15) is 0 Å². The van der Waals surface area contributed by atoms with Crippen LogP contribution < -0.4 is 10.6 Å². The molecule has 2 fully saturated rings. The van der Waals surface area contributed by atoms with Gasteiger partial charge in [-0.1, -0.05) is 12.8 Å². The third kappa shape index (κ3) is 6.10. The van der Waals surface area contributed by atoms with Crippen molar-refractivity contribution in [2.24, 2.45) is 4.99 Å². The molecule has 1 unspecified atom stereocenters. The van der Waals surface area contributed by atoms with Crippen LogP contribution >= 0.6 is 0 Å². The van der Waals surface area contributed by atoms with E-state index in [-0.39, 0.29) is 6.10 Å². The first-order chi connectivity index (χ1) is 10.7. The molecule has 0 bridgehead atoms. The summed E-state index contributed by atoms with van der Waals surface area (Å²) in [5.41, 5.74) is -0.589. The van der Waals surface area contributed by atoms with E-state index in [1.807, 2.05) is 6.92 Å². The van der Waals surface area contributed by atoms with E-state index in [1.54, 1.807) is 0 Å². The normalized spacial score (nSPS) is 24.6.